The molecular weight excluding hydrogens is 523 g/mol. The average Bonchev–Trinajstić information content (AvgIpc) is 2.80. The van der Waals surface area contributed by atoms with Crippen LogP contribution in [-0.4, -0.2) is 34.1 Å². The first-order valence-corrected chi connectivity index (χ1v) is 11.9. The van der Waals surface area contributed by atoms with Crippen LogP contribution in [0, 0.1) is 0 Å². The van der Waals surface area contributed by atoms with E-state index in [1.807, 2.05) is 0 Å². The van der Waals surface area contributed by atoms with Crippen LogP contribution in [0.2, 0.25) is 0 Å². The van der Waals surface area contributed by atoms with E-state index in [0.717, 1.165) is 0 Å². The molecule has 0 aliphatic carbocycles. The van der Waals surface area contributed by atoms with Gasteiger partial charge in [0.2, 0.25) is 34.1 Å². The number of rotatable bonds is 11. The standard InChI is InChI=1S/C21H24N4O4.C4H4Cl2O2/c1-14(26)22-16-6-10-18(11-7-16)24-20(28)4-3-5-21(29)25-19-12-8-17(9-13-19)23-15(2)27;5-3(7)1-2-4(6)8/h6-13H,3-5H2,1-2H3,(H,22,26)(H,23,27)(H,24,28)(H,25,29);1-2H2. The van der Waals surface area contributed by atoms with Crippen molar-refractivity contribution in [3.05, 3.63) is 48.5 Å². The molecule has 10 nitrogen and oxygen atoms in total. The lowest BCUT2D eigenvalue weighted by atomic mass is 10.2. The summed E-state index contributed by atoms with van der Waals surface area (Å²) in [6.45, 7) is 2.85. The summed E-state index contributed by atoms with van der Waals surface area (Å²) in [5.74, 6) is -0.707. The minimum Gasteiger partial charge on any atom is -0.326 e. The molecule has 0 radical (unpaired) electrons. The van der Waals surface area contributed by atoms with Gasteiger partial charge in [-0.2, -0.15) is 0 Å². The van der Waals surface area contributed by atoms with Gasteiger partial charge in [-0.1, -0.05) is 0 Å². The lowest BCUT2D eigenvalue weighted by Gasteiger charge is -2.08. The van der Waals surface area contributed by atoms with Gasteiger partial charge in [-0.25, -0.2) is 0 Å². The van der Waals surface area contributed by atoms with Crippen LogP contribution in [0.4, 0.5) is 22.7 Å². The second-order valence-corrected chi connectivity index (χ2v) is 8.52. The third-order valence-electron chi connectivity index (χ3n) is 4.30. The highest BCUT2D eigenvalue weighted by Crippen LogP contribution is 2.15. The summed E-state index contributed by atoms with van der Waals surface area (Å²) in [5.41, 5.74) is 2.54. The van der Waals surface area contributed by atoms with Crippen LogP contribution in [0.5, 0.6) is 0 Å². The Balaban J connectivity index is 0.000000738. The molecule has 0 saturated heterocycles. The maximum absolute atomic E-state index is 12.0. The van der Waals surface area contributed by atoms with E-state index in [1.54, 1.807) is 48.5 Å². The quantitative estimate of drug-likeness (QED) is 0.299. The van der Waals surface area contributed by atoms with Gasteiger partial charge < -0.3 is 21.3 Å². The molecule has 0 spiro atoms. The molecule has 12 heteroatoms. The Morgan fingerprint density at radius 3 is 1.03 bits per heavy atom. The second-order valence-electron chi connectivity index (χ2n) is 7.68. The molecule has 0 unspecified atom stereocenters. The van der Waals surface area contributed by atoms with E-state index >= 15 is 0 Å². The van der Waals surface area contributed by atoms with Gasteiger partial charge in [0.1, 0.15) is 0 Å². The van der Waals surface area contributed by atoms with Gasteiger partial charge in [-0.3, -0.25) is 28.8 Å². The number of carbonyl (C=O) groups excluding carboxylic acids is 6. The Morgan fingerprint density at radius 1 is 0.514 bits per heavy atom. The topological polar surface area (TPSA) is 151 Å². The normalized spacial score (nSPS) is 9.73. The van der Waals surface area contributed by atoms with Gasteiger partial charge in [0.15, 0.2) is 0 Å². The number of hydrogen-bond acceptors (Lipinski definition) is 6. The summed E-state index contributed by atoms with van der Waals surface area (Å²) in [6.07, 6.45) is 0.893. The largest absolute Gasteiger partial charge is 0.326 e. The van der Waals surface area contributed by atoms with Crippen LogP contribution in [0.15, 0.2) is 48.5 Å². The highest BCUT2D eigenvalue weighted by atomic mass is 35.5. The lowest BCUT2D eigenvalue weighted by molar-refractivity contribution is -0.118. The van der Waals surface area contributed by atoms with Crippen molar-refractivity contribution in [2.45, 2.75) is 46.0 Å². The van der Waals surface area contributed by atoms with Crippen LogP contribution >= 0.6 is 23.2 Å². The van der Waals surface area contributed by atoms with Crippen molar-refractivity contribution in [2.24, 2.45) is 0 Å². The predicted molar refractivity (Wildman–Crippen MR) is 144 cm³/mol. The maximum Gasteiger partial charge on any atom is 0.224 e. The van der Waals surface area contributed by atoms with Crippen molar-refractivity contribution in [3.63, 3.8) is 0 Å². The van der Waals surface area contributed by atoms with Crippen molar-refractivity contribution in [1.29, 1.82) is 0 Å². The molecule has 0 aliphatic heterocycles. The van der Waals surface area contributed by atoms with Crippen LogP contribution in [-0.2, 0) is 28.8 Å². The molecule has 2 rings (SSSR count). The van der Waals surface area contributed by atoms with Crippen LogP contribution in [0.25, 0.3) is 0 Å². The molecule has 4 N–H and O–H groups in total. The third-order valence-corrected chi connectivity index (χ3v) is 4.68. The molecule has 0 bridgehead atoms. The molecule has 0 saturated carbocycles. The Kier molecular flexibility index (Phi) is 14.2. The molecule has 37 heavy (non-hydrogen) atoms. The second kappa shape index (κ2) is 16.8. The highest BCUT2D eigenvalue weighted by Gasteiger charge is 2.07. The van der Waals surface area contributed by atoms with Gasteiger partial charge in [-0.15, -0.1) is 0 Å². The van der Waals surface area contributed by atoms with Crippen molar-refractivity contribution in [1.82, 2.24) is 0 Å². The summed E-state index contributed by atoms with van der Waals surface area (Å²) in [7, 11) is 0. The molecule has 0 fully saturated rings. The summed E-state index contributed by atoms with van der Waals surface area (Å²) in [5, 5.41) is 9.74. The molecular formula is C25H28Cl2N4O6. The predicted octanol–water partition coefficient (Wildman–Crippen LogP) is 4.65. The minimum absolute atomic E-state index is 0.0316. The molecule has 4 amide bonds. The fraction of sp³-hybridized carbons (Fsp3) is 0.280. The van der Waals surface area contributed by atoms with E-state index in [9.17, 15) is 28.8 Å². The van der Waals surface area contributed by atoms with Crippen molar-refractivity contribution in [2.75, 3.05) is 21.3 Å². The SMILES string of the molecule is CC(=O)Nc1ccc(NC(=O)CCCC(=O)Nc2ccc(NC(C)=O)cc2)cc1.O=C(Cl)CCC(=O)Cl. The lowest BCUT2D eigenvalue weighted by Crippen LogP contribution is -2.15. The first-order chi connectivity index (χ1) is 17.4. The summed E-state index contributed by atoms with van der Waals surface area (Å²) < 4.78 is 0. The summed E-state index contributed by atoms with van der Waals surface area (Å²) >= 11 is 9.74. The van der Waals surface area contributed by atoms with E-state index in [-0.39, 0.29) is 49.3 Å². The van der Waals surface area contributed by atoms with Crippen LogP contribution in [0.1, 0.15) is 46.0 Å². The maximum atomic E-state index is 12.0. The molecule has 0 heterocycles. The number of carbonyl (C=O) groups is 6. The highest BCUT2D eigenvalue weighted by molar-refractivity contribution is 6.65. The zero-order chi connectivity index (χ0) is 27.8. The van der Waals surface area contributed by atoms with E-state index in [1.165, 1.54) is 13.8 Å². The van der Waals surface area contributed by atoms with Gasteiger partial charge in [0.25, 0.3) is 0 Å². The smallest absolute Gasteiger partial charge is 0.224 e. The van der Waals surface area contributed by atoms with Crippen LogP contribution in [0.3, 0.4) is 0 Å². The third kappa shape index (κ3) is 15.8. The molecule has 2 aromatic carbocycles. The van der Waals surface area contributed by atoms with Gasteiger partial charge in [-0.05, 0) is 78.2 Å². The molecule has 198 valence electrons. The molecule has 2 aromatic rings. The Labute approximate surface area is 224 Å². The number of hydrogen-bond donors (Lipinski definition) is 4. The first kappa shape index (κ1) is 31.3. The van der Waals surface area contributed by atoms with Crippen molar-refractivity contribution < 1.29 is 28.8 Å². The van der Waals surface area contributed by atoms with E-state index in [4.69, 9.17) is 23.2 Å². The minimum atomic E-state index is -0.529. The summed E-state index contributed by atoms with van der Waals surface area (Å²) in [6, 6.07) is 13.6. The van der Waals surface area contributed by atoms with E-state index < -0.39 is 10.5 Å². The van der Waals surface area contributed by atoms with Crippen molar-refractivity contribution in [3.8, 4) is 0 Å². The number of anilines is 4. The van der Waals surface area contributed by atoms with Crippen molar-refractivity contribution >= 4 is 80.1 Å². The fourth-order valence-electron chi connectivity index (χ4n) is 2.73. The molecule has 0 atom stereocenters. The average molecular weight is 551 g/mol. The van der Waals surface area contributed by atoms with E-state index in [2.05, 4.69) is 21.3 Å². The Hall–Kier alpha value is -3.76. The fourth-order valence-corrected chi connectivity index (χ4v) is 2.92. The monoisotopic (exact) mass is 550 g/mol. The number of nitrogens with one attached hydrogen (secondary N) is 4. The number of amides is 4. The Morgan fingerprint density at radius 2 is 0.784 bits per heavy atom. The zero-order valence-electron chi connectivity index (χ0n) is 20.4. The zero-order valence-corrected chi connectivity index (χ0v) is 21.9. The number of halogens is 2. The van der Waals surface area contributed by atoms with Gasteiger partial charge >= 0.3 is 0 Å². The molecule has 0 aliphatic rings. The van der Waals surface area contributed by atoms with Gasteiger partial charge in [0.05, 0.1) is 0 Å². The molecule has 0 aromatic heterocycles. The van der Waals surface area contributed by atoms with E-state index in [0.29, 0.717) is 29.2 Å². The van der Waals surface area contributed by atoms with Gasteiger partial charge in [0, 0.05) is 62.3 Å². The summed E-state index contributed by atoms with van der Waals surface area (Å²) in [4.78, 5) is 65.8. The van der Waals surface area contributed by atoms with Crippen LogP contribution < -0.4 is 21.3 Å². The first-order valence-electron chi connectivity index (χ1n) is 11.2. The Bertz CT molecular complexity index is 1020. The number of benzene rings is 2.